The first-order chi connectivity index (χ1) is 14.4. The Balaban J connectivity index is 1.59. The molecule has 0 radical (unpaired) electrons. The fraction of sp³-hybridized carbons (Fsp3) is 0.208. The number of carbonyl (C=O) groups is 1. The molecular formula is C24H24N4O2. The second kappa shape index (κ2) is 8.08. The lowest BCUT2D eigenvalue weighted by Gasteiger charge is -2.17. The summed E-state index contributed by atoms with van der Waals surface area (Å²) in [5.41, 5.74) is 4.73. The smallest absolute Gasteiger partial charge is 0.271 e. The molecule has 0 aliphatic heterocycles. The number of nitrogens with one attached hydrogen (secondary N) is 1. The van der Waals surface area contributed by atoms with E-state index in [2.05, 4.69) is 39.7 Å². The van der Waals surface area contributed by atoms with Gasteiger partial charge in [-0.15, -0.1) is 0 Å². The Morgan fingerprint density at radius 1 is 1.07 bits per heavy atom. The molecule has 0 atom stereocenters. The highest BCUT2D eigenvalue weighted by Crippen LogP contribution is 2.22. The van der Waals surface area contributed by atoms with Crippen molar-refractivity contribution in [3.8, 4) is 11.1 Å². The lowest BCUT2D eigenvalue weighted by Crippen LogP contribution is -2.38. The van der Waals surface area contributed by atoms with Crippen molar-refractivity contribution in [2.45, 2.75) is 25.9 Å². The number of aliphatic hydroxyl groups is 1. The number of rotatable bonds is 6. The van der Waals surface area contributed by atoms with Gasteiger partial charge in [-0.25, -0.2) is 4.52 Å². The summed E-state index contributed by atoms with van der Waals surface area (Å²) in [4.78, 5) is 16.6. The Morgan fingerprint density at radius 2 is 1.77 bits per heavy atom. The summed E-state index contributed by atoms with van der Waals surface area (Å²) in [5.74, 6) is -0.304. The predicted octanol–water partition coefficient (Wildman–Crippen LogP) is 3.49. The van der Waals surface area contributed by atoms with E-state index in [9.17, 15) is 9.90 Å². The summed E-state index contributed by atoms with van der Waals surface area (Å²) in [6, 6.07) is 18.1. The summed E-state index contributed by atoms with van der Waals surface area (Å²) in [6.45, 7) is 3.46. The quantitative estimate of drug-likeness (QED) is 0.519. The number of hydrogen-bond donors (Lipinski definition) is 2. The maximum atomic E-state index is 12.6. The van der Waals surface area contributed by atoms with Gasteiger partial charge in [-0.2, -0.15) is 5.10 Å². The van der Waals surface area contributed by atoms with Gasteiger partial charge in [0, 0.05) is 25.1 Å². The van der Waals surface area contributed by atoms with Crippen LogP contribution in [0.3, 0.4) is 0 Å². The van der Waals surface area contributed by atoms with Crippen molar-refractivity contribution in [3.05, 3.63) is 90.0 Å². The van der Waals surface area contributed by atoms with E-state index < -0.39 is 5.60 Å². The minimum atomic E-state index is -0.980. The van der Waals surface area contributed by atoms with Crippen molar-refractivity contribution in [1.82, 2.24) is 19.9 Å². The monoisotopic (exact) mass is 400 g/mol. The number of fused-ring (bicyclic) bond motifs is 1. The van der Waals surface area contributed by atoms with Crippen molar-refractivity contribution in [1.29, 1.82) is 0 Å². The van der Waals surface area contributed by atoms with Crippen molar-refractivity contribution in [2.24, 2.45) is 0 Å². The zero-order valence-corrected chi connectivity index (χ0v) is 17.0. The Hall–Kier alpha value is -3.51. The van der Waals surface area contributed by atoms with E-state index in [4.69, 9.17) is 0 Å². The highest BCUT2D eigenvalue weighted by molar-refractivity contribution is 5.92. The summed E-state index contributed by atoms with van der Waals surface area (Å²) < 4.78 is 1.72. The van der Waals surface area contributed by atoms with Gasteiger partial charge in [-0.3, -0.25) is 9.78 Å². The van der Waals surface area contributed by atoms with Crippen LogP contribution in [0.5, 0.6) is 0 Å². The molecule has 1 aromatic carbocycles. The molecule has 4 aromatic rings. The third-order valence-electron chi connectivity index (χ3n) is 4.86. The van der Waals surface area contributed by atoms with E-state index in [1.807, 2.05) is 36.5 Å². The molecule has 30 heavy (non-hydrogen) atoms. The third kappa shape index (κ3) is 4.55. The summed E-state index contributed by atoms with van der Waals surface area (Å²) in [5, 5.41) is 17.0. The number of hydrogen-bond acceptors (Lipinski definition) is 4. The zero-order chi connectivity index (χ0) is 21.1. The van der Waals surface area contributed by atoms with E-state index >= 15 is 0 Å². The van der Waals surface area contributed by atoms with Crippen LogP contribution in [0.1, 0.15) is 35.5 Å². The Labute approximate surface area is 175 Å². The van der Waals surface area contributed by atoms with Gasteiger partial charge in [0.25, 0.3) is 5.91 Å². The molecule has 0 aliphatic rings. The molecule has 0 saturated carbocycles. The first-order valence-electron chi connectivity index (χ1n) is 9.86. The van der Waals surface area contributed by atoms with Crippen LogP contribution >= 0.6 is 0 Å². The van der Waals surface area contributed by atoms with Gasteiger partial charge in [-0.05, 0) is 72.9 Å². The maximum absolute atomic E-state index is 12.6. The lowest BCUT2D eigenvalue weighted by molar-refractivity contribution is 0.0691. The molecule has 0 fully saturated rings. The van der Waals surface area contributed by atoms with Crippen LogP contribution in [0.25, 0.3) is 16.6 Å². The van der Waals surface area contributed by atoms with Crippen molar-refractivity contribution >= 4 is 11.4 Å². The Kier molecular flexibility index (Phi) is 5.33. The molecule has 0 bridgehead atoms. The van der Waals surface area contributed by atoms with E-state index in [1.54, 1.807) is 30.8 Å². The largest absolute Gasteiger partial charge is 0.389 e. The number of carbonyl (C=O) groups excluding carboxylic acids is 1. The topological polar surface area (TPSA) is 79.5 Å². The first-order valence-corrected chi connectivity index (χ1v) is 9.86. The second-order valence-corrected chi connectivity index (χ2v) is 8.00. The van der Waals surface area contributed by atoms with E-state index in [1.165, 1.54) is 0 Å². The van der Waals surface area contributed by atoms with Crippen molar-refractivity contribution < 1.29 is 9.90 Å². The van der Waals surface area contributed by atoms with Crippen molar-refractivity contribution in [3.63, 3.8) is 0 Å². The number of pyridine rings is 1. The summed E-state index contributed by atoms with van der Waals surface area (Å²) in [7, 11) is 0. The van der Waals surface area contributed by atoms with Crippen LogP contribution in [0.15, 0.2) is 73.2 Å². The number of amides is 1. The highest BCUT2D eigenvalue weighted by atomic mass is 16.3. The van der Waals surface area contributed by atoms with E-state index in [0.717, 1.165) is 27.8 Å². The molecule has 6 heteroatoms. The van der Waals surface area contributed by atoms with E-state index in [-0.39, 0.29) is 12.5 Å². The molecular weight excluding hydrogens is 376 g/mol. The summed E-state index contributed by atoms with van der Waals surface area (Å²) in [6.07, 6.45) is 6.08. The highest BCUT2D eigenvalue weighted by Gasteiger charge is 2.17. The molecule has 1 amide bonds. The van der Waals surface area contributed by atoms with E-state index in [0.29, 0.717) is 12.1 Å². The van der Waals surface area contributed by atoms with Gasteiger partial charge < -0.3 is 10.4 Å². The van der Waals surface area contributed by atoms with Crippen LogP contribution < -0.4 is 5.32 Å². The Morgan fingerprint density at radius 3 is 2.47 bits per heavy atom. The average molecular weight is 400 g/mol. The molecule has 0 unspecified atom stereocenters. The second-order valence-electron chi connectivity index (χ2n) is 8.00. The molecule has 0 aliphatic carbocycles. The van der Waals surface area contributed by atoms with Crippen molar-refractivity contribution in [2.75, 3.05) is 6.54 Å². The SMILES string of the molecule is CC(C)(O)CNC(=O)c1cc(Cc2ccc(-c3ccncc3)cc2)c2cccn2n1. The number of benzene rings is 1. The predicted molar refractivity (Wildman–Crippen MR) is 116 cm³/mol. The standard InChI is InChI=1S/C24H24N4O2/c1-24(2,30)16-26-23(29)21-15-20(22-4-3-13-28(22)27-21)14-17-5-7-18(8-6-17)19-9-11-25-12-10-19/h3-13,15,30H,14,16H2,1-2H3,(H,26,29). The number of aromatic nitrogens is 3. The van der Waals surface area contributed by atoms with Crippen LogP contribution in [0.2, 0.25) is 0 Å². The van der Waals surface area contributed by atoms with Crippen LogP contribution in [-0.4, -0.2) is 37.8 Å². The fourth-order valence-electron chi connectivity index (χ4n) is 3.32. The molecule has 2 N–H and O–H groups in total. The van der Waals surface area contributed by atoms with Gasteiger partial charge in [-0.1, -0.05) is 24.3 Å². The molecule has 0 saturated heterocycles. The Bertz CT molecular complexity index is 1160. The van der Waals surface area contributed by atoms with Gasteiger partial charge in [0.15, 0.2) is 0 Å². The third-order valence-corrected chi connectivity index (χ3v) is 4.86. The molecule has 3 aromatic heterocycles. The van der Waals surface area contributed by atoms with Gasteiger partial charge >= 0.3 is 0 Å². The first kappa shape index (κ1) is 19.8. The normalized spacial score (nSPS) is 11.6. The molecule has 152 valence electrons. The fourth-order valence-corrected chi connectivity index (χ4v) is 3.32. The summed E-state index contributed by atoms with van der Waals surface area (Å²) >= 11 is 0. The van der Waals surface area contributed by atoms with Crippen LogP contribution in [0, 0.1) is 0 Å². The van der Waals surface area contributed by atoms with Gasteiger partial charge in [0.1, 0.15) is 5.69 Å². The van der Waals surface area contributed by atoms with Crippen LogP contribution in [-0.2, 0) is 6.42 Å². The van der Waals surface area contributed by atoms with Gasteiger partial charge in [0.2, 0.25) is 0 Å². The molecule has 0 spiro atoms. The molecule has 3 heterocycles. The zero-order valence-electron chi connectivity index (χ0n) is 17.0. The molecule has 4 rings (SSSR count). The van der Waals surface area contributed by atoms with Gasteiger partial charge in [0.05, 0.1) is 11.1 Å². The number of nitrogens with zero attached hydrogens (tertiary/aromatic N) is 3. The minimum absolute atomic E-state index is 0.156. The maximum Gasteiger partial charge on any atom is 0.271 e. The average Bonchev–Trinajstić information content (AvgIpc) is 3.22. The minimum Gasteiger partial charge on any atom is -0.389 e. The lowest BCUT2D eigenvalue weighted by atomic mass is 10.0. The molecule has 6 nitrogen and oxygen atoms in total. The van der Waals surface area contributed by atoms with Crippen LogP contribution in [0.4, 0.5) is 0 Å².